The second-order valence-corrected chi connectivity index (χ2v) is 4.89. The van der Waals surface area contributed by atoms with Gasteiger partial charge in [-0.25, -0.2) is 0 Å². The predicted molar refractivity (Wildman–Crippen MR) is 70.5 cm³/mol. The van der Waals surface area contributed by atoms with Crippen molar-refractivity contribution in [1.82, 2.24) is 4.90 Å². The molecule has 0 unspecified atom stereocenters. The second-order valence-electron chi connectivity index (χ2n) is 4.89. The first-order valence-corrected chi connectivity index (χ1v) is 6.70. The van der Waals surface area contributed by atoms with Crippen LogP contribution in [0, 0.1) is 0 Å². The van der Waals surface area contributed by atoms with Gasteiger partial charge in [0.2, 0.25) is 0 Å². The van der Waals surface area contributed by atoms with Crippen molar-refractivity contribution in [2.45, 2.75) is 18.9 Å². The maximum Gasteiger partial charge on any atom is 0.254 e. The van der Waals surface area contributed by atoms with Crippen LogP contribution in [-0.4, -0.2) is 43.2 Å². The third kappa shape index (κ3) is 2.26. The van der Waals surface area contributed by atoms with Crippen LogP contribution in [0.15, 0.2) is 18.2 Å². The minimum Gasteiger partial charge on any atom is -0.486 e. The highest BCUT2D eigenvalue weighted by atomic mass is 16.6. The summed E-state index contributed by atoms with van der Waals surface area (Å²) in [5, 5.41) is 0. The molecule has 5 nitrogen and oxygen atoms in total. The molecule has 1 atom stereocenters. The van der Waals surface area contributed by atoms with E-state index in [0.29, 0.717) is 36.8 Å². The molecule has 0 saturated carbocycles. The monoisotopic (exact) mass is 262 g/mol. The van der Waals surface area contributed by atoms with Gasteiger partial charge in [-0.05, 0) is 31.0 Å². The Morgan fingerprint density at radius 1 is 1.32 bits per heavy atom. The van der Waals surface area contributed by atoms with Gasteiger partial charge in [-0.15, -0.1) is 0 Å². The highest BCUT2D eigenvalue weighted by Gasteiger charge is 2.29. The van der Waals surface area contributed by atoms with E-state index in [2.05, 4.69) is 0 Å². The number of nitrogens with zero attached hydrogens (tertiary/aromatic N) is 1. The molecule has 19 heavy (non-hydrogen) atoms. The number of amides is 1. The molecule has 1 saturated heterocycles. The van der Waals surface area contributed by atoms with E-state index in [0.717, 1.165) is 19.4 Å². The number of ether oxygens (including phenoxy) is 2. The van der Waals surface area contributed by atoms with Crippen molar-refractivity contribution in [3.05, 3.63) is 23.8 Å². The smallest absolute Gasteiger partial charge is 0.254 e. The summed E-state index contributed by atoms with van der Waals surface area (Å²) < 4.78 is 11.0. The SMILES string of the molecule is NC[C@H]1CCCN1C(=O)c1ccc2c(c1)OCCO2. The van der Waals surface area contributed by atoms with Gasteiger partial charge in [-0.2, -0.15) is 0 Å². The van der Waals surface area contributed by atoms with E-state index in [-0.39, 0.29) is 11.9 Å². The molecule has 5 heteroatoms. The quantitative estimate of drug-likeness (QED) is 0.864. The molecule has 2 aliphatic heterocycles. The Balaban J connectivity index is 1.83. The molecule has 0 spiro atoms. The third-order valence-electron chi connectivity index (χ3n) is 3.70. The van der Waals surface area contributed by atoms with Gasteiger partial charge in [0.1, 0.15) is 13.2 Å². The van der Waals surface area contributed by atoms with Crippen LogP contribution in [0.4, 0.5) is 0 Å². The average Bonchev–Trinajstić information content (AvgIpc) is 2.94. The summed E-state index contributed by atoms with van der Waals surface area (Å²) in [6, 6.07) is 5.53. The van der Waals surface area contributed by atoms with Gasteiger partial charge in [0, 0.05) is 24.7 Å². The van der Waals surface area contributed by atoms with E-state index >= 15 is 0 Å². The van der Waals surface area contributed by atoms with Crippen molar-refractivity contribution < 1.29 is 14.3 Å². The molecule has 0 bridgehead atoms. The fourth-order valence-corrected chi connectivity index (χ4v) is 2.69. The zero-order chi connectivity index (χ0) is 13.2. The predicted octanol–water partition coefficient (Wildman–Crippen LogP) is 1.02. The van der Waals surface area contributed by atoms with Crippen LogP contribution in [0.2, 0.25) is 0 Å². The van der Waals surface area contributed by atoms with Crippen molar-refractivity contribution in [3.8, 4) is 11.5 Å². The van der Waals surface area contributed by atoms with Gasteiger partial charge in [-0.1, -0.05) is 0 Å². The van der Waals surface area contributed by atoms with E-state index in [1.165, 1.54) is 0 Å². The minimum absolute atomic E-state index is 0.0323. The lowest BCUT2D eigenvalue weighted by Crippen LogP contribution is -2.39. The van der Waals surface area contributed by atoms with Crippen LogP contribution < -0.4 is 15.2 Å². The topological polar surface area (TPSA) is 64.8 Å². The number of hydrogen-bond donors (Lipinski definition) is 1. The molecule has 1 fully saturated rings. The summed E-state index contributed by atoms with van der Waals surface area (Å²) >= 11 is 0. The molecule has 2 N–H and O–H groups in total. The van der Waals surface area contributed by atoms with Crippen LogP contribution in [0.25, 0.3) is 0 Å². The molecule has 102 valence electrons. The molecular weight excluding hydrogens is 244 g/mol. The highest BCUT2D eigenvalue weighted by Crippen LogP contribution is 2.31. The molecule has 2 heterocycles. The Morgan fingerprint density at radius 2 is 2.11 bits per heavy atom. The standard InChI is InChI=1S/C14H18N2O3/c15-9-11-2-1-5-16(11)14(17)10-3-4-12-13(8-10)19-7-6-18-12/h3-4,8,11H,1-2,5-7,9,15H2/t11-/m1/s1. The van der Waals surface area contributed by atoms with E-state index in [4.69, 9.17) is 15.2 Å². The molecule has 3 rings (SSSR count). The molecule has 2 aliphatic rings. The van der Waals surface area contributed by atoms with Crippen LogP contribution in [-0.2, 0) is 0 Å². The Morgan fingerprint density at radius 3 is 2.89 bits per heavy atom. The van der Waals surface area contributed by atoms with Crippen molar-refractivity contribution in [2.75, 3.05) is 26.3 Å². The van der Waals surface area contributed by atoms with Crippen LogP contribution in [0.1, 0.15) is 23.2 Å². The van der Waals surface area contributed by atoms with Crippen LogP contribution >= 0.6 is 0 Å². The number of hydrogen-bond acceptors (Lipinski definition) is 4. The van der Waals surface area contributed by atoms with Crippen molar-refractivity contribution in [2.24, 2.45) is 5.73 Å². The molecule has 0 aromatic heterocycles. The van der Waals surface area contributed by atoms with E-state index in [1.54, 1.807) is 18.2 Å². The highest BCUT2D eigenvalue weighted by molar-refractivity contribution is 5.95. The van der Waals surface area contributed by atoms with Gasteiger partial charge in [0.05, 0.1) is 0 Å². The summed E-state index contributed by atoms with van der Waals surface area (Å²) in [6.45, 7) is 2.40. The summed E-state index contributed by atoms with van der Waals surface area (Å²) in [5.41, 5.74) is 6.36. The van der Waals surface area contributed by atoms with Crippen LogP contribution in [0.3, 0.4) is 0 Å². The Hall–Kier alpha value is -1.75. The number of likely N-dealkylation sites (tertiary alicyclic amines) is 1. The van der Waals surface area contributed by atoms with Crippen molar-refractivity contribution in [1.29, 1.82) is 0 Å². The number of fused-ring (bicyclic) bond motifs is 1. The maximum absolute atomic E-state index is 12.5. The Kier molecular flexibility index (Phi) is 3.29. The molecule has 0 aliphatic carbocycles. The zero-order valence-corrected chi connectivity index (χ0v) is 10.8. The van der Waals surface area contributed by atoms with Crippen LogP contribution in [0.5, 0.6) is 11.5 Å². The first kappa shape index (κ1) is 12.3. The van der Waals surface area contributed by atoms with Gasteiger partial charge in [0.15, 0.2) is 11.5 Å². The lowest BCUT2D eigenvalue weighted by atomic mass is 10.1. The lowest BCUT2D eigenvalue weighted by Gasteiger charge is -2.24. The number of carbonyl (C=O) groups is 1. The van der Waals surface area contributed by atoms with Gasteiger partial charge >= 0.3 is 0 Å². The molecule has 1 aromatic rings. The summed E-state index contributed by atoms with van der Waals surface area (Å²) in [7, 11) is 0. The normalized spacial score (nSPS) is 21.5. The largest absolute Gasteiger partial charge is 0.486 e. The van der Waals surface area contributed by atoms with Gasteiger partial charge < -0.3 is 20.1 Å². The number of carbonyl (C=O) groups excluding carboxylic acids is 1. The van der Waals surface area contributed by atoms with Gasteiger partial charge in [0.25, 0.3) is 5.91 Å². The first-order chi connectivity index (χ1) is 9.29. The van der Waals surface area contributed by atoms with E-state index in [9.17, 15) is 4.79 Å². The molecule has 1 amide bonds. The third-order valence-corrected chi connectivity index (χ3v) is 3.70. The molecular formula is C14H18N2O3. The van der Waals surface area contributed by atoms with Crippen molar-refractivity contribution >= 4 is 5.91 Å². The zero-order valence-electron chi connectivity index (χ0n) is 10.8. The Labute approximate surface area is 112 Å². The fourth-order valence-electron chi connectivity index (χ4n) is 2.69. The van der Waals surface area contributed by atoms with Gasteiger partial charge in [-0.3, -0.25) is 4.79 Å². The Bertz CT molecular complexity index is 490. The number of nitrogens with two attached hydrogens (primary N) is 1. The number of benzene rings is 1. The summed E-state index contributed by atoms with van der Waals surface area (Å²) in [4.78, 5) is 14.3. The summed E-state index contributed by atoms with van der Waals surface area (Å²) in [5.74, 6) is 1.39. The second kappa shape index (κ2) is 5.09. The number of rotatable bonds is 2. The molecule has 1 aromatic carbocycles. The molecule has 0 radical (unpaired) electrons. The fraction of sp³-hybridized carbons (Fsp3) is 0.500. The van der Waals surface area contributed by atoms with Crippen molar-refractivity contribution in [3.63, 3.8) is 0 Å². The maximum atomic E-state index is 12.5. The minimum atomic E-state index is 0.0323. The summed E-state index contributed by atoms with van der Waals surface area (Å²) in [6.07, 6.45) is 2.02. The first-order valence-electron chi connectivity index (χ1n) is 6.70. The lowest BCUT2D eigenvalue weighted by molar-refractivity contribution is 0.0740. The average molecular weight is 262 g/mol. The van der Waals surface area contributed by atoms with E-state index in [1.807, 2.05) is 4.90 Å². The van der Waals surface area contributed by atoms with E-state index < -0.39 is 0 Å².